The number of benzene rings is 7. The minimum absolute atomic E-state index is 0. The van der Waals surface area contributed by atoms with Crippen molar-refractivity contribution in [2.45, 2.75) is 59.3 Å². The summed E-state index contributed by atoms with van der Waals surface area (Å²) in [6, 6.07) is 52.6. The van der Waals surface area contributed by atoms with E-state index in [9.17, 15) is 5.11 Å². The van der Waals surface area contributed by atoms with E-state index in [0.717, 1.165) is 83.2 Å². The molecule has 0 aliphatic carbocycles. The summed E-state index contributed by atoms with van der Waals surface area (Å²) in [4.78, 5) is 10.5. The van der Waals surface area contributed by atoms with Gasteiger partial charge in [-0.2, -0.15) is 0 Å². The van der Waals surface area contributed by atoms with Crippen LogP contribution < -0.4 is 0 Å². The van der Waals surface area contributed by atoms with Gasteiger partial charge in [-0.25, -0.2) is 0 Å². The van der Waals surface area contributed by atoms with E-state index in [0.29, 0.717) is 0 Å². The van der Waals surface area contributed by atoms with Crippen molar-refractivity contribution in [2.24, 2.45) is 0 Å². The Morgan fingerprint density at radius 2 is 1.24 bits per heavy atom. The molecular formula is C53H46N3OPt-. The molecule has 58 heavy (non-hydrogen) atoms. The molecule has 0 saturated carbocycles. The van der Waals surface area contributed by atoms with Crippen LogP contribution in [0.1, 0.15) is 58.2 Å². The second kappa shape index (κ2) is 14.8. The van der Waals surface area contributed by atoms with Gasteiger partial charge < -0.3 is 9.67 Å². The Hall–Kier alpha value is -5.83. The van der Waals surface area contributed by atoms with Crippen LogP contribution in [-0.4, -0.2) is 19.6 Å². The maximum Gasteiger partial charge on any atom is 0.124 e. The maximum absolute atomic E-state index is 11.5. The number of rotatable bonds is 5. The molecule has 9 aromatic rings. The molecule has 0 bridgehead atoms. The smallest absolute Gasteiger partial charge is 0.124 e. The summed E-state index contributed by atoms with van der Waals surface area (Å²) in [6.07, 6.45) is 1.90. The quantitative estimate of drug-likeness (QED) is 0.175. The molecule has 0 amide bonds. The molecule has 0 saturated heterocycles. The Labute approximate surface area is 355 Å². The summed E-state index contributed by atoms with van der Waals surface area (Å²) >= 11 is 0. The fourth-order valence-corrected chi connectivity index (χ4v) is 8.01. The molecule has 0 radical (unpaired) electrons. The molecule has 4 nitrogen and oxygen atoms in total. The third kappa shape index (κ3) is 6.94. The van der Waals surface area contributed by atoms with Crippen molar-refractivity contribution in [1.29, 1.82) is 0 Å². The molecule has 5 heteroatoms. The van der Waals surface area contributed by atoms with E-state index in [1.165, 1.54) is 16.7 Å². The number of aromatic hydroxyl groups is 1. The van der Waals surface area contributed by atoms with Crippen molar-refractivity contribution in [3.05, 3.63) is 168 Å². The monoisotopic (exact) mass is 935 g/mol. The van der Waals surface area contributed by atoms with E-state index < -0.39 is 0 Å². The molecule has 9 rings (SSSR count). The molecule has 0 spiro atoms. The number of aryl methyl sites for hydroxylation is 1. The Morgan fingerprint density at radius 3 is 1.98 bits per heavy atom. The summed E-state index contributed by atoms with van der Waals surface area (Å²) in [5.74, 6) is 0.986. The van der Waals surface area contributed by atoms with Gasteiger partial charge in [0.2, 0.25) is 0 Å². The number of phenolic OH excluding ortho intramolecular Hbond substituents is 1. The maximum atomic E-state index is 11.5. The standard InChI is InChI=1S/C53H46N3O.Pt/c1-33-25-26-54-49-42(33)31-40(53(5,6)7)32-44(49)37-19-13-20-38(27-37)51-55-50-41(45-28-35-17-11-12-18-36(35)29-48(45)57)21-14-22-47(50)56(51)46-24-23-39(52(2,3)4)30-43(46)34-15-9-8-10-16-34;/h8-26,28-32,57H,1-7H3;/q-1;. The number of fused-ring (bicyclic) bond motifs is 3. The van der Waals surface area contributed by atoms with Gasteiger partial charge in [0, 0.05) is 55.2 Å². The third-order valence-corrected chi connectivity index (χ3v) is 11.3. The van der Waals surface area contributed by atoms with E-state index in [2.05, 4.69) is 174 Å². The Bertz CT molecular complexity index is 3000. The third-order valence-electron chi connectivity index (χ3n) is 11.3. The molecule has 0 fully saturated rings. The summed E-state index contributed by atoms with van der Waals surface area (Å²) in [5.41, 5.74) is 14.0. The van der Waals surface area contributed by atoms with Crippen LogP contribution in [0.4, 0.5) is 0 Å². The number of para-hydroxylation sites is 1. The fourth-order valence-electron chi connectivity index (χ4n) is 8.01. The van der Waals surface area contributed by atoms with Crippen LogP contribution in [0.2, 0.25) is 0 Å². The average molecular weight is 936 g/mol. The normalized spacial score (nSPS) is 12.0. The van der Waals surface area contributed by atoms with Crippen LogP contribution in [0.25, 0.3) is 83.2 Å². The van der Waals surface area contributed by atoms with Gasteiger partial charge >= 0.3 is 0 Å². The van der Waals surface area contributed by atoms with Crippen molar-refractivity contribution < 1.29 is 26.2 Å². The van der Waals surface area contributed by atoms with E-state index in [1.807, 2.05) is 30.5 Å². The first-order valence-electron chi connectivity index (χ1n) is 19.7. The van der Waals surface area contributed by atoms with Crippen molar-refractivity contribution >= 4 is 32.7 Å². The van der Waals surface area contributed by atoms with Gasteiger partial charge in [-0.1, -0.05) is 138 Å². The zero-order valence-corrected chi connectivity index (χ0v) is 36.2. The van der Waals surface area contributed by atoms with Crippen LogP contribution in [0.15, 0.2) is 146 Å². The van der Waals surface area contributed by atoms with Gasteiger partial charge in [-0.05, 0) is 92.6 Å². The minimum atomic E-state index is -0.0609. The fraction of sp³-hybridized carbons (Fsp3) is 0.170. The van der Waals surface area contributed by atoms with Gasteiger partial charge in [0.25, 0.3) is 0 Å². The zero-order valence-electron chi connectivity index (χ0n) is 34.0. The number of aromatic nitrogens is 3. The van der Waals surface area contributed by atoms with E-state index in [4.69, 9.17) is 9.97 Å². The summed E-state index contributed by atoms with van der Waals surface area (Å²) < 4.78 is 2.29. The summed E-state index contributed by atoms with van der Waals surface area (Å²) in [5, 5.41) is 14.7. The number of imidazole rings is 1. The zero-order chi connectivity index (χ0) is 39.6. The van der Waals surface area contributed by atoms with Crippen LogP contribution in [-0.2, 0) is 31.9 Å². The van der Waals surface area contributed by atoms with Crippen molar-refractivity contribution in [3.8, 4) is 56.2 Å². The van der Waals surface area contributed by atoms with Crippen molar-refractivity contribution in [1.82, 2.24) is 14.5 Å². The molecule has 2 aromatic heterocycles. The largest absolute Gasteiger partial charge is 0.507 e. The number of phenols is 1. The molecule has 0 unspecified atom stereocenters. The van der Waals surface area contributed by atoms with Gasteiger partial charge in [0.15, 0.2) is 0 Å². The minimum Gasteiger partial charge on any atom is -0.507 e. The van der Waals surface area contributed by atoms with Crippen LogP contribution in [0.3, 0.4) is 0 Å². The molecular weight excluding hydrogens is 890 g/mol. The molecule has 0 aliphatic rings. The topological polar surface area (TPSA) is 50.9 Å². The number of hydrogen-bond acceptors (Lipinski definition) is 3. The predicted octanol–water partition coefficient (Wildman–Crippen LogP) is 13.8. The summed E-state index contributed by atoms with van der Waals surface area (Å²) in [6.45, 7) is 15.7. The Balaban J connectivity index is 0.00000469. The van der Waals surface area contributed by atoms with Crippen LogP contribution >= 0.6 is 0 Å². The van der Waals surface area contributed by atoms with Crippen molar-refractivity contribution in [2.75, 3.05) is 0 Å². The Kier molecular flexibility index (Phi) is 9.98. The SMILES string of the molecule is Cc1ccnc2c(-c3[c-]c(-c4nc5c(-c6cc7ccccc7cc6O)cccc5n4-c4ccc(C(C)(C)C)cc4-c4ccccc4)ccc3)cc(C(C)(C)C)cc12.[Pt]. The molecule has 2 heterocycles. The average Bonchev–Trinajstić information content (AvgIpc) is 3.60. The molecule has 0 aliphatic heterocycles. The van der Waals surface area contributed by atoms with Gasteiger partial charge in [-0.3, -0.25) is 9.97 Å². The van der Waals surface area contributed by atoms with Crippen LogP contribution in [0, 0.1) is 13.0 Å². The summed E-state index contributed by atoms with van der Waals surface area (Å²) in [7, 11) is 0. The van der Waals surface area contributed by atoms with Gasteiger partial charge in [0.1, 0.15) is 5.75 Å². The van der Waals surface area contributed by atoms with Crippen LogP contribution in [0.5, 0.6) is 5.75 Å². The predicted molar refractivity (Wildman–Crippen MR) is 238 cm³/mol. The number of nitrogens with zero attached hydrogens (tertiary/aromatic N) is 3. The van der Waals surface area contributed by atoms with E-state index >= 15 is 0 Å². The Morgan fingerprint density at radius 1 is 0.569 bits per heavy atom. The van der Waals surface area contributed by atoms with Crippen molar-refractivity contribution in [3.63, 3.8) is 0 Å². The molecule has 1 N–H and O–H groups in total. The second-order valence-corrected chi connectivity index (χ2v) is 17.3. The van der Waals surface area contributed by atoms with Gasteiger partial charge in [0.05, 0.1) is 16.9 Å². The van der Waals surface area contributed by atoms with E-state index in [1.54, 1.807) is 0 Å². The number of pyridine rings is 1. The first-order valence-corrected chi connectivity index (χ1v) is 19.7. The molecule has 7 aromatic carbocycles. The molecule has 0 atom stereocenters. The first-order chi connectivity index (χ1) is 27.3. The molecule has 290 valence electrons. The number of hydrogen-bond donors (Lipinski definition) is 1. The van der Waals surface area contributed by atoms with E-state index in [-0.39, 0.29) is 37.6 Å². The van der Waals surface area contributed by atoms with Gasteiger partial charge in [-0.15, -0.1) is 29.8 Å². The first kappa shape index (κ1) is 39.0. The second-order valence-electron chi connectivity index (χ2n) is 17.3.